The fourth-order valence-electron chi connectivity index (χ4n) is 3.22. The van der Waals surface area contributed by atoms with Crippen molar-refractivity contribution in [1.82, 2.24) is 15.5 Å². The summed E-state index contributed by atoms with van der Waals surface area (Å²) in [7, 11) is 3.38. The van der Waals surface area contributed by atoms with Crippen molar-refractivity contribution in [2.45, 2.75) is 32.4 Å². The third-order valence-corrected chi connectivity index (χ3v) is 5.25. The normalized spacial score (nSPS) is 17.1. The summed E-state index contributed by atoms with van der Waals surface area (Å²) < 4.78 is 10.8. The Labute approximate surface area is 191 Å². The van der Waals surface area contributed by atoms with Crippen molar-refractivity contribution >= 4 is 41.7 Å². The van der Waals surface area contributed by atoms with Gasteiger partial charge in [-0.05, 0) is 49.5 Å². The van der Waals surface area contributed by atoms with Crippen molar-refractivity contribution < 1.29 is 9.47 Å². The largest absolute Gasteiger partial charge is 0.497 e. The standard InChI is InChI=1S/C20H34N4O2S.HI/c1-5-21-20(22-8-6-10-27-4)23-17-7-9-24(15-17)14-16-11-18(25-2)13-19(12-16)26-3;/h11-13,17H,5-10,14-15H2,1-4H3,(H2,21,22,23);1H. The number of rotatable bonds is 10. The lowest BCUT2D eigenvalue weighted by molar-refractivity contribution is 0.321. The zero-order valence-electron chi connectivity index (χ0n) is 17.5. The molecule has 0 bridgehead atoms. The molecule has 0 spiro atoms. The Morgan fingerprint density at radius 2 is 1.96 bits per heavy atom. The number of hydrogen-bond acceptors (Lipinski definition) is 5. The first-order valence-electron chi connectivity index (χ1n) is 9.66. The molecule has 1 aromatic carbocycles. The Balaban J connectivity index is 0.00000392. The van der Waals surface area contributed by atoms with Gasteiger partial charge in [-0.3, -0.25) is 9.89 Å². The van der Waals surface area contributed by atoms with Crippen LogP contribution < -0.4 is 20.1 Å². The molecule has 1 heterocycles. The molecule has 1 unspecified atom stereocenters. The first-order valence-corrected chi connectivity index (χ1v) is 11.1. The van der Waals surface area contributed by atoms with Crippen LogP contribution in [0.1, 0.15) is 25.3 Å². The fourth-order valence-corrected chi connectivity index (χ4v) is 3.64. The highest BCUT2D eigenvalue weighted by atomic mass is 127. The van der Waals surface area contributed by atoms with E-state index in [4.69, 9.17) is 14.5 Å². The van der Waals surface area contributed by atoms with E-state index in [1.807, 2.05) is 17.8 Å². The predicted molar refractivity (Wildman–Crippen MR) is 131 cm³/mol. The number of aliphatic imine (C=N–C) groups is 1. The SMILES string of the molecule is CCNC(=NCCCSC)NC1CCN(Cc2cc(OC)cc(OC)c2)C1.I. The Hall–Kier alpha value is -0.870. The minimum Gasteiger partial charge on any atom is -0.497 e. The highest BCUT2D eigenvalue weighted by Gasteiger charge is 2.23. The molecule has 0 amide bonds. The maximum absolute atomic E-state index is 5.38. The maximum atomic E-state index is 5.38. The number of benzene rings is 1. The quantitative estimate of drug-likeness (QED) is 0.213. The van der Waals surface area contributed by atoms with E-state index in [9.17, 15) is 0 Å². The molecule has 1 fully saturated rings. The lowest BCUT2D eigenvalue weighted by Gasteiger charge is -2.19. The van der Waals surface area contributed by atoms with Crippen molar-refractivity contribution in [3.8, 4) is 11.5 Å². The number of nitrogens with zero attached hydrogens (tertiary/aromatic N) is 2. The second-order valence-corrected chi connectivity index (χ2v) is 7.68. The summed E-state index contributed by atoms with van der Waals surface area (Å²) in [5.41, 5.74) is 1.21. The molecule has 0 radical (unpaired) electrons. The first kappa shape index (κ1) is 25.2. The molecule has 1 aromatic rings. The van der Waals surface area contributed by atoms with Gasteiger partial charge in [0.2, 0.25) is 0 Å². The summed E-state index contributed by atoms with van der Waals surface area (Å²) >= 11 is 1.87. The van der Waals surface area contributed by atoms with Gasteiger partial charge in [0.25, 0.3) is 0 Å². The number of thioether (sulfide) groups is 1. The van der Waals surface area contributed by atoms with Gasteiger partial charge in [0, 0.05) is 44.8 Å². The van der Waals surface area contributed by atoms with Gasteiger partial charge < -0.3 is 20.1 Å². The molecule has 8 heteroatoms. The van der Waals surface area contributed by atoms with E-state index in [-0.39, 0.29) is 24.0 Å². The number of hydrogen-bond donors (Lipinski definition) is 2. The molecule has 2 rings (SSSR count). The summed E-state index contributed by atoms with van der Waals surface area (Å²) in [4.78, 5) is 7.16. The second kappa shape index (κ2) is 14.2. The van der Waals surface area contributed by atoms with Crippen LogP contribution in [0.2, 0.25) is 0 Å². The third kappa shape index (κ3) is 8.65. The molecule has 0 aliphatic carbocycles. The lowest BCUT2D eigenvalue weighted by atomic mass is 10.2. The first-order chi connectivity index (χ1) is 13.2. The topological polar surface area (TPSA) is 58.1 Å². The highest BCUT2D eigenvalue weighted by molar-refractivity contribution is 14.0. The van der Waals surface area contributed by atoms with Crippen LogP contribution in [-0.4, -0.2) is 69.3 Å². The summed E-state index contributed by atoms with van der Waals surface area (Å²) in [6.07, 6.45) is 4.38. The predicted octanol–water partition coefficient (Wildman–Crippen LogP) is 3.20. The van der Waals surface area contributed by atoms with Gasteiger partial charge in [-0.2, -0.15) is 11.8 Å². The number of nitrogens with one attached hydrogen (secondary N) is 2. The van der Waals surface area contributed by atoms with E-state index in [2.05, 4.69) is 40.8 Å². The van der Waals surface area contributed by atoms with Crippen LogP contribution in [0.15, 0.2) is 23.2 Å². The molecule has 1 aliphatic rings. The molecular weight excluding hydrogens is 487 g/mol. The van der Waals surface area contributed by atoms with Crippen LogP contribution in [-0.2, 0) is 6.54 Å². The van der Waals surface area contributed by atoms with Crippen LogP contribution in [0.4, 0.5) is 0 Å². The van der Waals surface area contributed by atoms with Gasteiger partial charge in [0.05, 0.1) is 14.2 Å². The van der Waals surface area contributed by atoms with E-state index in [1.54, 1.807) is 14.2 Å². The molecule has 1 saturated heterocycles. The third-order valence-electron chi connectivity index (χ3n) is 4.55. The molecular formula is C20H35IN4O2S. The molecule has 28 heavy (non-hydrogen) atoms. The monoisotopic (exact) mass is 522 g/mol. The minimum absolute atomic E-state index is 0. The molecule has 0 saturated carbocycles. The zero-order valence-corrected chi connectivity index (χ0v) is 20.6. The highest BCUT2D eigenvalue weighted by Crippen LogP contribution is 2.24. The molecule has 1 aliphatic heterocycles. The van der Waals surface area contributed by atoms with Gasteiger partial charge in [-0.15, -0.1) is 24.0 Å². The van der Waals surface area contributed by atoms with Crippen molar-refractivity contribution in [2.24, 2.45) is 4.99 Å². The van der Waals surface area contributed by atoms with E-state index in [0.717, 1.165) is 68.8 Å². The van der Waals surface area contributed by atoms with Gasteiger partial charge in [0.1, 0.15) is 11.5 Å². The Morgan fingerprint density at radius 1 is 1.25 bits per heavy atom. The van der Waals surface area contributed by atoms with Gasteiger partial charge in [-0.1, -0.05) is 0 Å². The van der Waals surface area contributed by atoms with Crippen LogP contribution in [0, 0.1) is 0 Å². The van der Waals surface area contributed by atoms with Gasteiger partial charge in [-0.25, -0.2) is 0 Å². The summed E-state index contributed by atoms with van der Waals surface area (Å²) in [6.45, 7) is 6.84. The van der Waals surface area contributed by atoms with Crippen molar-refractivity contribution in [1.29, 1.82) is 0 Å². The van der Waals surface area contributed by atoms with Crippen molar-refractivity contribution in [3.63, 3.8) is 0 Å². The summed E-state index contributed by atoms with van der Waals surface area (Å²) in [5.74, 6) is 3.77. The molecule has 2 N–H and O–H groups in total. The molecule has 0 aromatic heterocycles. The minimum atomic E-state index is 0. The van der Waals surface area contributed by atoms with Gasteiger partial charge in [0.15, 0.2) is 5.96 Å². The van der Waals surface area contributed by atoms with Crippen LogP contribution in [0.5, 0.6) is 11.5 Å². The molecule has 160 valence electrons. The lowest BCUT2D eigenvalue weighted by Crippen LogP contribution is -2.44. The molecule has 1 atom stereocenters. The average Bonchev–Trinajstić information content (AvgIpc) is 3.11. The maximum Gasteiger partial charge on any atom is 0.191 e. The summed E-state index contributed by atoms with van der Waals surface area (Å²) in [6, 6.07) is 6.51. The second-order valence-electron chi connectivity index (χ2n) is 6.69. The van der Waals surface area contributed by atoms with Crippen LogP contribution in [0.3, 0.4) is 0 Å². The average molecular weight is 522 g/mol. The number of methoxy groups -OCH3 is 2. The smallest absolute Gasteiger partial charge is 0.191 e. The summed E-state index contributed by atoms with van der Waals surface area (Å²) in [5, 5.41) is 6.96. The number of likely N-dealkylation sites (tertiary alicyclic amines) is 1. The number of guanidine groups is 1. The Kier molecular flexibility index (Phi) is 12.7. The zero-order chi connectivity index (χ0) is 19.5. The van der Waals surface area contributed by atoms with Crippen molar-refractivity contribution in [3.05, 3.63) is 23.8 Å². The Morgan fingerprint density at radius 3 is 2.57 bits per heavy atom. The van der Waals surface area contributed by atoms with Crippen molar-refractivity contribution in [2.75, 3.05) is 52.4 Å². The van der Waals surface area contributed by atoms with E-state index in [1.165, 1.54) is 5.56 Å². The van der Waals surface area contributed by atoms with E-state index < -0.39 is 0 Å². The molecule has 6 nitrogen and oxygen atoms in total. The fraction of sp³-hybridized carbons (Fsp3) is 0.650. The van der Waals surface area contributed by atoms with E-state index in [0.29, 0.717) is 6.04 Å². The van der Waals surface area contributed by atoms with Crippen LogP contribution in [0.25, 0.3) is 0 Å². The number of ether oxygens (including phenoxy) is 2. The van der Waals surface area contributed by atoms with Gasteiger partial charge >= 0.3 is 0 Å². The Bertz CT molecular complexity index is 581. The number of halogens is 1. The van der Waals surface area contributed by atoms with Crippen LogP contribution >= 0.6 is 35.7 Å². The van der Waals surface area contributed by atoms with E-state index >= 15 is 0 Å².